The summed E-state index contributed by atoms with van der Waals surface area (Å²) in [6.45, 7) is 3.44. The average Bonchev–Trinajstić information content (AvgIpc) is 2.61. The molecule has 1 aromatic carbocycles. The van der Waals surface area contributed by atoms with Crippen molar-refractivity contribution in [2.45, 2.75) is 19.8 Å². The van der Waals surface area contributed by atoms with Gasteiger partial charge in [-0.05, 0) is 25.0 Å². The number of hydrogen-bond donors (Lipinski definition) is 1. The molecule has 0 spiro atoms. The Balaban J connectivity index is 2.25. The van der Waals surface area contributed by atoms with Gasteiger partial charge < -0.3 is 5.11 Å². The van der Waals surface area contributed by atoms with Crippen molar-refractivity contribution in [2.24, 2.45) is 10.9 Å². The molecule has 0 saturated heterocycles. The molecule has 2 atom stereocenters. The summed E-state index contributed by atoms with van der Waals surface area (Å²) in [4.78, 5) is 35.1. The second kappa shape index (κ2) is 6.83. The standard InChI is InChI=1S/C18H16N4O4/c1-10-15(13-7-19-9-20-8-13)17(16(18(23)24)11(2)21-10)12-4-3-5-14(6-12)22(25)26/h3-9,16-17H,1-2H3,(H,23,24). The van der Waals surface area contributed by atoms with Gasteiger partial charge in [0.15, 0.2) is 0 Å². The molecule has 1 aromatic heterocycles. The van der Waals surface area contributed by atoms with Gasteiger partial charge in [-0.15, -0.1) is 0 Å². The lowest BCUT2D eigenvalue weighted by atomic mass is 9.74. The molecule has 1 aliphatic rings. The number of nitro groups is 1. The molecule has 0 aliphatic carbocycles. The Hall–Kier alpha value is -3.42. The second-order valence-corrected chi connectivity index (χ2v) is 6.03. The van der Waals surface area contributed by atoms with Gasteiger partial charge >= 0.3 is 5.97 Å². The summed E-state index contributed by atoms with van der Waals surface area (Å²) >= 11 is 0. The summed E-state index contributed by atoms with van der Waals surface area (Å²) in [6, 6.07) is 6.05. The van der Waals surface area contributed by atoms with Gasteiger partial charge in [0.2, 0.25) is 0 Å². The van der Waals surface area contributed by atoms with Crippen LogP contribution in [0.1, 0.15) is 30.9 Å². The Morgan fingerprint density at radius 3 is 2.54 bits per heavy atom. The smallest absolute Gasteiger partial charge is 0.313 e. The highest BCUT2D eigenvalue weighted by molar-refractivity contribution is 6.06. The highest BCUT2D eigenvalue weighted by Gasteiger charge is 2.39. The van der Waals surface area contributed by atoms with Gasteiger partial charge in [0.25, 0.3) is 5.69 Å². The topological polar surface area (TPSA) is 119 Å². The van der Waals surface area contributed by atoms with Gasteiger partial charge in [-0.2, -0.15) is 0 Å². The summed E-state index contributed by atoms with van der Waals surface area (Å²) in [5, 5.41) is 21.0. The predicted octanol–water partition coefficient (Wildman–Crippen LogP) is 3.07. The second-order valence-electron chi connectivity index (χ2n) is 6.03. The normalized spacial score (nSPS) is 19.8. The number of carboxylic acids is 1. The molecule has 26 heavy (non-hydrogen) atoms. The van der Waals surface area contributed by atoms with E-state index in [0.29, 0.717) is 28.1 Å². The van der Waals surface area contributed by atoms with Crippen molar-refractivity contribution >= 4 is 22.9 Å². The van der Waals surface area contributed by atoms with Crippen LogP contribution in [-0.4, -0.2) is 31.7 Å². The number of aromatic nitrogens is 2. The van der Waals surface area contributed by atoms with Gasteiger partial charge in [0.05, 0.1) is 4.92 Å². The Morgan fingerprint density at radius 2 is 1.92 bits per heavy atom. The molecule has 0 amide bonds. The van der Waals surface area contributed by atoms with Crippen molar-refractivity contribution in [3.63, 3.8) is 0 Å². The highest BCUT2D eigenvalue weighted by atomic mass is 16.6. The molecule has 1 aliphatic heterocycles. The average molecular weight is 352 g/mol. The molecule has 0 bridgehead atoms. The number of aliphatic carboxylic acids is 1. The molecule has 2 aromatic rings. The Kier molecular flexibility index (Phi) is 4.57. The fourth-order valence-corrected chi connectivity index (χ4v) is 3.37. The van der Waals surface area contributed by atoms with Gasteiger partial charge in [-0.1, -0.05) is 12.1 Å². The van der Waals surface area contributed by atoms with E-state index in [1.54, 1.807) is 38.4 Å². The quantitative estimate of drug-likeness (QED) is 0.667. The minimum atomic E-state index is -1.04. The van der Waals surface area contributed by atoms with Crippen LogP contribution in [0.5, 0.6) is 0 Å². The van der Waals surface area contributed by atoms with Crippen LogP contribution in [0.3, 0.4) is 0 Å². The van der Waals surface area contributed by atoms with E-state index in [0.717, 1.165) is 0 Å². The van der Waals surface area contributed by atoms with Crippen LogP contribution in [0.2, 0.25) is 0 Å². The van der Waals surface area contributed by atoms with Gasteiger partial charge in [0.1, 0.15) is 12.2 Å². The summed E-state index contributed by atoms with van der Waals surface area (Å²) in [5.41, 5.74) is 2.85. The summed E-state index contributed by atoms with van der Waals surface area (Å²) < 4.78 is 0. The number of carbonyl (C=O) groups is 1. The van der Waals surface area contributed by atoms with Crippen molar-refractivity contribution < 1.29 is 14.8 Å². The molecule has 8 heteroatoms. The molecule has 0 radical (unpaired) electrons. The molecule has 132 valence electrons. The monoisotopic (exact) mass is 352 g/mol. The first-order valence-corrected chi connectivity index (χ1v) is 7.88. The van der Waals surface area contributed by atoms with Gasteiger partial charge in [-0.25, -0.2) is 9.97 Å². The molecule has 2 unspecified atom stereocenters. The molecule has 0 fully saturated rings. The number of aliphatic imine (C=N–C) groups is 1. The van der Waals surface area contributed by atoms with Crippen LogP contribution >= 0.6 is 0 Å². The fraction of sp³-hybridized carbons (Fsp3) is 0.222. The minimum absolute atomic E-state index is 0.0897. The maximum absolute atomic E-state index is 12.0. The SMILES string of the molecule is CC1=NC(C)=C(c2cncnc2)C(c2cccc([N+](=O)[O-])c2)C1C(=O)O. The van der Waals surface area contributed by atoms with Crippen molar-refractivity contribution in [1.29, 1.82) is 0 Å². The number of benzene rings is 1. The van der Waals surface area contributed by atoms with Crippen LogP contribution in [0.25, 0.3) is 5.57 Å². The van der Waals surface area contributed by atoms with E-state index >= 15 is 0 Å². The van der Waals surface area contributed by atoms with E-state index in [4.69, 9.17) is 0 Å². The molecule has 8 nitrogen and oxygen atoms in total. The maximum atomic E-state index is 12.0. The number of hydrogen-bond acceptors (Lipinski definition) is 6. The Bertz CT molecular complexity index is 937. The first-order chi connectivity index (χ1) is 12.4. The zero-order valence-electron chi connectivity index (χ0n) is 14.2. The first-order valence-electron chi connectivity index (χ1n) is 7.88. The van der Waals surface area contributed by atoms with Crippen LogP contribution in [0, 0.1) is 16.0 Å². The van der Waals surface area contributed by atoms with Gasteiger partial charge in [-0.3, -0.25) is 19.9 Å². The van der Waals surface area contributed by atoms with E-state index in [1.807, 2.05) is 0 Å². The largest absolute Gasteiger partial charge is 0.481 e. The third-order valence-corrected chi connectivity index (χ3v) is 4.41. The molecular formula is C18H16N4O4. The summed E-state index contributed by atoms with van der Waals surface area (Å²) in [7, 11) is 0. The third-order valence-electron chi connectivity index (χ3n) is 4.41. The zero-order chi connectivity index (χ0) is 18.8. The predicted molar refractivity (Wildman–Crippen MR) is 94.7 cm³/mol. The van der Waals surface area contributed by atoms with Crippen molar-refractivity contribution in [3.8, 4) is 0 Å². The van der Waals surface area contributed by atoms with Crippen molar-refractivity contribution in [2.75, 3.05) is 0 Å². The number of non-ortho nitro benzene ring substituents is 1. The first kappa shape index (κ1) is 17.4. The minimum Gasteiger partial charge on any atom is -0.481 e. The highest BCUT2D eigenvalue weighted by Crippen LogP contribution is 2.44. The van der Waals surface area contributed by atoms with Crippen LogP contribution in [0.15, 0.2) is 53.7 Å². The van der Waals surface area contributed by atoms with Crippen LogP contribution in [-0.2, 0) is 4.79 Å². The molecule has 3 rings (SSSR count). The summed E-state index contributed by atoms with van der Waals surface area (Å²) in [5.74, 6) is -2.60. The lowest BCUT2D eigenvalue weighted by Gasteiger charge is -2.31. The van der Waals surface area contributed by atoms with Crippen LogP contribution < -0.4 is 0 Å². The van der Waals surface area contributed by atoms with E-state index in [2.05, 4.69) is 15.0 Å². The van der Waals surface area contributed by atoms with E-state index in [-0.39, 0.29) is 5.69 Å². The van der Waals surface area contributed by atoms with E-state index in [9.17, 15) is 20.0 Å². The van der Waals surface area contributed by atoms with Gasteiger partial charge in [0, 0.05) is 47.4 Å². The number of rotatable bonds is 4. The number of nitro benzene ring substituents is 1. The van der Waals surface area contributed by atoms with Crippen LogP contribution in [0.4, 0.5) is 5.69 Å². The maximum Gasteiger partial charge on any atom is 0.313 e. The fourth-order valence-electron chi connectivity index (χ4n) is 3.37. The lowest BCUT2D eigenvalue weighted by molar-refractivity contribution is -0.384. The number of nitrogens with zero attached hydrogens (tertiary/aromatic N) is 4. The Labute approximate surface area is 149 Å². The van der Waals surface area contributed by atoms with E-state index < -0.39 is 22.7 Å². The number of carboxylic acid groups (broad SMARTS) is 1. The molecular weight excluding hydrogens is 336 g/mol. The summed E-state index contributed by atoms with van der Waals surface area (Å²) in [6.07, 6.45) is 4.56. The van der Waals surface area contributed by atoms with E-state index in [1.165, 1.54) is 18.5 Å². The Morgan fingerprint density at radius 1 is 1.23 bits per heavy atom. The molecule has 0 saturated carbocycles. The third kappa shape index (κ3) is 3.08. The number of allylic oxidation sites excluding steroid dienone is 2. The molecule has 1 N–H and O–H groups in total. The zero-order valence-corrected chi connectivity index (χ0v) is 14.2. The van der Waals surface area contributed by atoms with Crippen molar-refractivity contribution in [1.82, 2.24) is 9.97 Å². The molecule has 2 heterocycles. The lowest BCUT2D eigenvalue weighted by Crippen LogP contribution is -2.32. The van der Waals surface area contributed by atoms with Crippen molar-refractivity contribution in [3.05, 3.63) is 69.9 Å².